The van der Waals surface area contributed by atoms with Gasteiger partial charge in [0.25, 0.3) is 0 Å². The number of β-amino-alcohol motifs (C(OH)–C–C–N with tert-alkyl or cyclic N) is 1. The summed E-state index contributed by atoms with van der Waals surface area (Å²) >= 11 is 12.2. The van der Waals surface area contributed by atoms with Crippen LogP contribution in [0, 0.1) is 11.6 Å². The number of hydrogen-bond donors (Lipinski definition) is 1. The third-order valence-electron chi connectivity index (χ3n) is 6.19. The molecule has 9 heteroatoms. The summed E-state index contributed by atoms with van der Waals surface area (Å²) in [4.78, 5) is 13.9. The minimum absolute atomic E-state index is 0.0111. The number of ether oxygens (including phenoxy) is 2. The van der Waals surface area contributed by atoms with Gasteiger partial charge in [-0.3, -0.25) is 4.90 Å². The Labute approximate surface area is 220 Å². The highest BCUT2D eigenvalue weighted by Gasteiger charge is 2.27. The molecule has 36 heavy (non-hydrogen) atoms. The fourth-order valence-corrected chi connectivity index (χ4v) is 4.72. The third-order valence-corrected chi connectivity index (χ3v) is 6.93. The Morgan fingerprint density at radius 1 is 1.22 bits per heavy atom. The Kier molecular flexibility index (Phi) is 10.7. The van der Waals surface area contributed by atoms with E-state index in [1.54, 1.807) is 19.9 Å². The van der Waals surface area contributed by atoms with Crippen molar-refractivity contribution in [2.75, 3.05) is 26.3 Å². The summed E-state index contributed by atoms with van der Waals surface area (Å²) < 4.78 is 38.5. The summed E-state index contributed by atoms with van der Waals surface area (Å²) in [6.07, 6.45) is 3.93. The molecule has 0 amide bonds. The summed E-state index contributed by atoms with van der Waals surface area (Å²) in [6, 6.07) is 7.94. The van der Waals surface area contributed by atoms with Crippen LogP contribution in [0.3, 0.4) is 0 Å². The van der Waals surface area contributed by atoms with Crippen LogP contribution in [-0.2, 0) is 20.7 Å². The molecule has 0 aliphatic carbocycles. The number of esters is 1. The second-order valence-corrected chi connectivity index (χ2v) is 9.67. The number of aliphatic hydroxyl groups excluding tert-OH is 1. The molecule has 1 fully saturated rings. The van der Waals surface area contributed by atoms with Crippen LogP contribution in [0.2, 0.25) is 10.0 Å². The lowest BCUT2D eigenvalue weighted by atomic mass is 10.0. The van der Waals surface area contributed by atoms with Gasteiger partial charge in [0.1, 0.15) is 0 Å². The van der Waals surface area contributed by atoms with E-state index in [0.29, 0.717) is 27.7 Å². The van der Waals surface area contributed by atoms with E-state index in [0.717, 1.165) is 49.6 Å². The van der Waals surface area contributed by atoms with Crippen molar-refractivity contribution in [1.29, 1.82) is 0 Å². The molecule has 0 aromatic heterocycles. The maximum absolute atomic E-state index is 14.0. The number of hydrogen-bond acceptors (Lipinski definition) is 5. The Balaban J connectivity index is 1.59. The molecule has 1 aliphatic rings. The smallest absolute Gasteiger partial charge is 0.330 e. The summed E-state index contributed by atoms with van der Waals surface area (Å²) in [5, 5.41) is 11.7. The van der Waals surface area contributed by atoms with E-state index in [4.69, 9.17) is 32.7 Å². The van der Waals surface area contributed by atoms with Crippen LogP contribution in [0.5, 0.6) is 0 Å². The van der Waals surface area contributed by atoms with Gasteiger partial charge in [-0.2, -0.15) is 0 Å². The molecule has 0 unspecified atom stereocenters. The number of nitrogens with zero attached hydrogens (tertiary/aromatic N) is 1. The third kappa shape index (κ3) is 7.98. The summed E-state index contributed by atoms with van der Waals surface area (Å²) in [7, 11) is 0. The van der Waals surface area contributed by atoms with Crippen molar-refractivity contribution in [2.24, 2.45) is 0 Å². The van der Waals surface area contributed by atoms with Crippen molar-refractivity contribution in [2.45, 2.75) is 51.4 Å². The fourth-order valence-electron chi connectivity index (χ4n) is 4.40. The Morgan fingerprint density at radius 3 is 2.69 bits per heavy atom. The van der Waals surface area contributed by atoms with Gasteiger partial charge in [0, 0.05) is 18.7 Å². The largest absolute Gasteiger partial charge is 0.463 e. The molecule has 0 saturated carbocycles. The van der Waals surface area contributed by atoms with Crippen molar-refractivity contribution in [3.63, 3.8) is 0 Å². The average Bonchev–Trinajstić information content (AvgIpc) is 3.26. The quantitative estimate of drug-likeness (QED) is 0.279. The van der Waals surface area contributed by atoms with E-state index in [2.05, 4.69) is 4.90 Å². The molecule has 3 atom stereocenters. The molecule has 1 heterocycles. The highest BCUT2D eigenvalue weighted by atomic mass is 35.5. The predicted octanol–water partition coefficient (Wildman–Crippen LogP) is 5.99. The Morgan fingerprint density at radius 2 is 1.97 bits per heavy atom. The maximum Gasteiger partial charge on any atom is 0.330 e. The predicted molar refractivity (Wildman–Crippen MR) is 137 cm³/mol. The van der Waals surface area contributed by atoms with Gasteiger partial charge in [0.15, 0.2) is 11.6 Å². The normalized spacial score (nSPS) is 18.0. The molecule has 0 radical (unpaired) electrons. The number of aliphatic hydroxyl groups is 1. The first-order chi connectivity index (χ1) is 17.2. The van der Waals surface area contributed by atoms with Gasteiger partial charge in [-0.25, -0.2) is 13.6 Å². The minimum Gasteiger partial charge on any atom is -0.463 e. The van der Waals surface area contributed by atoms with Gasteiger partial charge >= 0.3 is 5.97 Å². The maximum atomic E-state index is 14.0. The second kappa shape index (κ2) is 13.5. The fraction of sp³-hybridized carbons (Fsp3) is 0.444. The van der Waals surface area contributed by atoms with E-state index < -0.39 is 29.8 Å². The number of halogens is 4. The number of likely N-dealkylation sites (tertiary alicyclic amines) is 1. The van der Waals surface area contributed by atoms with Crippen LogP contribution in [0.1, 0.15) is 49.5 Å². The second-order valence-electron chi connectivity index (χ2n) is 8.85. The zero-order valence-electron chi connectivity index (χ0n) is 20.4. The van der Waals surface area contributed by atoms with Crippen molar-refractivity contribution in [3.05, 3.63) is 74.8 Å². The first kappa shape index (κ1) is 28.5. The van der Waals surface area contributed by atoms with Crippen LogP contribution in [-0.4, -0.2) is 54.4 Å². The van der Waals surface area contributed by atoms with E-state index >= 15 is 0 Å². The number of rotatable bonds is 11. The molecular formula is C27H31Cl2F2NO4. The first-order valence-electron chi connectivity index (χ1n) is 12.0. The van der Waals surface area contributed by atoms with Gasteiger partial charge in [-0.1, -0.05) is 29.3 Å². The van der Waals surface area contributed by atoms with E-state index in [-0.39, 0.29) is 19.3 Å². The van der Waals surface area contributed by atoms with Crippen LogP contribution >= 0.6 is 23.2 Å². The molecule has 1 aliphatic heterocycles. The Bertz CT molecular complexity index is 1080. The molecule has 2 aromatic rings. The van der Waals surface area contributed by atoms with Gasteiger partial charge in [-0.15, -0.1) is 0 Å². The molecular weight excluding hydrogens is 511 g/mol. The minimum atomic E-state index is -1.03. The molecule has 1 saturated heterocycles. The zero-order valence-corrected chi connectivity index (χ0v) is 21.9. The van der Waals surface area contributed by atoms with Crippen molar-refractivity contribution >= 4 is 35.2 Å². The number of carbonyl (C=O) groups excluding carboxylic acids is 1. The van der Waals surface area contributed by atoms with Gasteiger partial charge in [-0.05, 0) is 86.7 Å². The topological polar surface area (TPSA) is 59.0 Å². The monoisotopic (exact) mass is 541 g/mol. The van der Waals surface area contributed by atoms with E-state index in [9.17, 15) is 18.7 Å². The van der Waals surface area contributed by atoms with Crippen LogP contribution < -0.4 is 0 Å². The van der Waals surface area contributed by atoms with Crippen molar-refractivity contribution in [3.8, 4) is 0 Å². The Hall–Kier alpha value is -2.03. The SMILES string of the molecule is CCOC(=O)/C=C/c1cc(F)c(F)cc1[C@@H](C)OC[C@H](O)CN1CCC[C@H]1Cc1ccc(Cl)c(Cl)c1. The lowest BCUT2D eigenvalue weighted by Crippen LogP contribution is -2.39. The van der Waals surface area contributed by atoms with Crippen molar-refractivity contribution < 1.29 is 28.2 Å². The number of carbonyl (C=O) groups is 1. The van der Waals surface area contributed by atoms with Crippen LogP contribution in [0.4, 0.5) is 8.78 Å². The van der Waals surface area contributed by atoms with E-state index in [1.807, 2.05) is 12.1 Å². The average molecular weight is 542 g/mol. The molecule has 1 N–H and O–H groups in total. The lowest BCUT2D eigenvalue weighted by molar-refractivity contribution is -0.137. The number of benzene rings is 2. The zero-order chi connectivity index (χ0) is 26.2. The van der Waals surface area contributed by atoms with Crippen LogP contribution in [0.15, 0.2) is 36.4 Å². The first-order valence-corrected chi connectivity index (χ1v) is 12.7. The summed E-state index contributed by atoms with van der Waals surface area (Å²) in [5.74, 6) is -2.63. The van der Waals surface area contributed by atoms with Gasteiger partial charge < -0.3 is 14.6 Å². The summed E-state index contributed by atoms with van der Waals surface area (Å²) in [5.41, 5.74) is 1.74. The molecule has 3 rings (SSSR count). The van der Waals surface area contributed by atoms with Gasteiger partial charge in [0.05, 0.1) is 35.5 Å². The molecule has 196 valence electrons. The molecule has 0 spiro atoms. The van der Waals surface area contributed by atoms with E-state index in [1.165, 1.54) is 6.08 Å². The molecule has 5 nitrogen and oxygen atoms in total. The van der Waals surface area contributed by atoms with Crippen molar-refractivity contribution in [1.82, 2.24) is 4.90 Å². The van der Waals surface area contributed by atoms with Gasteiger partial charge in [0.2, 0.25) is 0 Å². The lowest BCUT2D eigenvalue weighted by Gasteiger charge is -2.27. The molecule has 0 bridgehead atoms. The standard InChI is InChI=1S/C27H31Cl2F2NO4/c1-3-35-27(34)9-7-19-13-25(30)26(31)14-22(19)17(2)36-16-21(33)15-32-10-4-5-20(32)11-18-6-8-23(28)24(29)12-18/h6-9,12-14,17,20-21,33H,3-5,10-11,15-16H2,1-2H3/b9-7+/t17-,20+,21-/m1/s1. The highest BCUT2D eigenvalue weighted by Crippen LogP contribution is 2.28. The summed E-state index contributed by atoms with van der Waals surface area (Å²) in [6.45, 7) is 4.86. The highest BCUT2D eigenvalue weighted by molar-refractivity contribution is 6.42. The van der Waals surface area contributed by atoms with Crippen LogP contribution in [0.25, 0.3) is 6.08 Å². The molecule has 2 aromatic carbocycles.